The summed E-state index contributed by atoms with van der Waals surface area (Å²) in [6.45, 7) is 5.95. The molecule has 0 radical (unpaired) electrons. The number of benzene rings is 3. The van der Waals surface area contributed by atoms with Crippen LogP contribution in [0.1, 0.15) is 51.7 Å². The van der Waals surface area contributed by atoms with Crippen LogP contribution in [0.2, 0.25) is 0 Å². The van der Waals surface area contributed by atoms with Gasteiger partial charge in [0.1, 0.15) is 26.6 Å². The molecule has 2 unspecified atom stereocenters. The first-order valence-electron chi connectivity index (χ1n) is 12.0. The molecule has 5 rings (SSSR count). The third kappa shape index (κ3) is 5.16. The summed E-state index contributed by atoms with van der Waals surface area (Å²) in [4.78, 5) is -0.782. The van der Waals surface area contributed by atoms with Gasteiger partial charge in [0.25, 0.3) is 0 Å². The Hall–Kier alpha value is -3.14. The minimum Gasteiger partial charge on any atom is -0.324 e. The number of aryl methyl sites for hydroxylation is 3. The SMILES string of the molecule is Cc1ccc(C(N)CCC2(c3ccc(C)cc3)SC(c3cc(F)ccc3F)=NN2c2nnc(C)s2)cc1. The van der Waals surface area contributed by atoms with Crippen molar-refractivity contribution < 1.29 is 8.78 Å². The zero-order chi connectivity index (χ0) is 26.2. The average molecular weight is 536 g/mol. The van der Waals surface area contributed by atoms with Crippen LogP contribution in [0.5, 0.6) is 0 Å². The second-order valence-corrected chi connectivity index (χ2v) is 11.7. The zero-order valence-electron chi connectivity index (χ0n) is 20.8. The van der Waals surface area contributed by atoms with Crippen LogP contribution in [-0.2, 0) is 4.87 Å². The highest BCUT2D eigenvalue weighted by Crippen LogP contribution is 2.53. The van der Waals surface area contributed by atoms with Crippen molar-refractivity contribution in [3.05, 3.63) is 111 Å². The summed E-state index contributed by atoms with van der Waals surface area (Å²) in [6.07, 6.45) is 1.21. The second-order valence-electron chi connectivity index (χ2n) is 9.25. The van der Waals surface area contributed by atoms with Crippen molar-refractivity contribution in [1.29, 1.82) is 0 Å². The Kier molecular flexibility index (Phi) is 7.11. The number of hydrogen-bond acceptors (Lipinski definition) is 7. The van der Waals surface area contributed by atoms with Gasteiger partial charge in [-0.25, -0.2) is 13.8 Å². The number of anilines is 1. The van der Waals surface area contributed by atoms with Gasteiger partial charge in [-0.05, 0) is 62.9 Å². The first-order valence-corrected chi connectivity index (χ1v) is 13.6. The van der Waals surface area contributed by atoms with Gasteiger partial charge in [0.15, 0.2) is 0 Å². The van der Waals surface area contributed by atoms with Crippen LogP contribution < -0.4 is 10.7 Å². The Bertz CT molecular complexity index is 1440. The van der Waals surface area contributed by atoms with Crippen LogP contribution in [0.3, 0.4) is 0 Å². The minimum atomic E-state index is -0.782. The van der Waals surface area contributed by atoms with Crippen molar-refractivity contribution in [2.24, 2.45) is 10.8 Å². The van der Waals surface area contributed by atoms with Gasteiger partial charge in [-0.2, -0.15) is 5.10 Å². The maximum atomic E-state index is 14.9. The molecule has 0 spiro atoms. The van der Waals surface area contributed by atoms with E-state index in [1.165, 1.54) is 34.7 Å². The molecule has 190 valence electrons. The number of halogens is 2. The average Bonchev–Trinajstić information content (AvgIpc) is 3.49. The molecule has 0 bridgehead atoms. The molecule has 9 heteroatoms. The maximum absolute atomic E-state index is 14.9. The lowest BCUT2D eigenvalue weighted by Gasteiger charge is -2.36. The van der Waals surface area contributed by atoms with Crippen molar-refractivity contribution in [2.45, 2.75) is 44.5 Å². The molecule has 2 heterocycles. The number of thioether (sulfide) groups is 1. The third-order valence-corrected chi connectivity index (χ3v) is 8.72. The fraction of sp³-hybridized carbons (Fsp3) is 0.250. The molecule has 0 saturated carbocycles. The predicted octanol–water partition coefficient (Wildman–Crippen LogP) is 6.99. The van der Waals surface area contributed by atoms with Crippen LogP contribution >= 0.6 is 23.1 Å². The van der Waals surface area contributed by atoms with Crippen LogP contribution in [0.25, 0.3) is 0 Å². The largest absolute Gasteiger partial charge is 0.324 e. The van der Waals surface area contributed by atoms with Gasteiger partial charge in [0, 0.05) is 11.6 Å². The van der Waals surface area contributed by atoms with Crippen LogP contribution in [-0.4, -0.2) is 15.2 Å². The normalized spacial score (nSPS) is 18.2. The quantitative estimate of drug-likeness (QED) is 0.276. The van der Waals surface area contributed by atoms with E-state index in [0.717, 1.165) is 33.8 Å². The second kappa shape index (κ2) is 10.3. The van der Waals surface area contributed by atoms with Crippen molar-refractivity contribution in [1.82, 2.24) is 10.2 Å². The van der Waals surface area contributed by atoms with E-state index in [0.29, 0.717) is 23.0 Å². The van der Waals surface area contributed by atoms with Crippen molar-refractivity contribution in [3.63, 3.8) is 0 Å². The highest BCUT2D eigenvalue weighted by atomic mass is 32.2. The highest BCUT2D eigenvalue weighted by Gasteiger charge is 2.48. The van der Waals surface area contributed by atoms with Gasteiger partial charge in [0.05, 0.1) is 0 Å². The number of nitrogens with zero attached hydrogens (tertiary/aromatic N) is 4. The van der Waals surface area contributed by atoms with Gasteiger partial charge in [-0.15, -0.1) is 10.2 Å². The molecule has 2 atom stereocenters. The summed E-state index contributed by atoms with van der Waals surface area (Å²) >= 11 is 2.80. The molecule has 0 saturated heterocycles. The summed E-state index contributed by atoms with van der Waals surface area (Å²) in [5.41, 5.74) is 11.1. The van der Waals surface area contributed by atoms with Crippen LogP contribution in [0, 0.1) is 32.4 Å². The Labute approximate surface area is 223 Å². The summed E-state index contributed by atoms with van der Waals surface area (Å²) in [6, 6.07) is 19.6. The molecule has 0 amide bonds. The van der Waals surface area contributed by atoms with Crippen molar-refractivity contribution in [3.8, 4) is 0 Å². The molecule has 4 aromatic rings. The van der Waals surface area contributed by atoms with E-state index in [9.17, 15) is 8.78 Å². The number of hydrazone groups is 1. The molecule has 3 aromatic carbocycles. The van der Waals surface area contributed by atoms with Crippen molar-refractivity contribution in [2.75, 3.05) is 5.01 Å². The Morgan fingerprint density at radius 3 is 2.24 bits per heavy atom. The lowest BCUT2D eigenvalue weighted by molar-refractivity contribution is 0.485. The predicted molar refractivity (Wildman–Crippen MR) is 148 cm³/mol. The Balaban J connectivity index is 1.60. The first-order chi connectivity index (χ1) is 17.7. The Morgan fingerprint density at radius 2 is 1.59 bits per heavy atom. The molecule has 1 aliphatic rings. The van der Waals surface area contributed by atoms with E-state index >= 15 is 0 Å². The number of rotatable bonds is 7. The van der Waals surface area contributed by atoms with Gasteiger partial charge in [-0.1, -0.05) is 82.8 Å². The molecule has 1 aromatic heterocycles. The minimum absolute atomic E-state index is 0.119. The molecular weight excluding hydrogens is 508 g/mol. The summed E-state index contributed by atoms with van der Waals surface area (Å²) < 4.78 is 29.1. The molecule has 5 nitrogen and oxygen atoms in total. The highest BCUT2D eigenvalue weighted by molar-refractivity contribution is 8.15. The Morgan fingerprint density at radius 1 is 0.919 bits per heavy atom. The van der Waals surface area contributed by atoms with Gasteiger partial charge >= 0.3 is 0 Å². The van der Waals surface area contributed by atoms with Crippen LogP contribution in [0.15, 0.2) is 71.8 Å². The fourth-order valence-corrected chi connectivity index (χ4v) is 6.53. The van der Waals surface area contributed by atoms with E-state index in [1.807, 2.05) is 37.9 Å². The zero-order valence-corrected chi connectivity index (χ0v) is 22.4. The maximum Gasteiger partial charge on any atom is 0.230 e. The smallest absolute Gasteiger partial charge is 0.230 e. The molecule has 0 aliphatic carbocycles. The van der Waals surface area contributed by atoms with E-state index in [4.69, 9.17) is 10.8 Å². The van der Waals surface area contributed by atoms with E-state index < -0.39 is 16.5 Å². The summed E-state index contributed by atoms with van der Waals surface area (Å²) in [7, 11) is 0. The summed E-state index contributed by atoms with van der Waals surface area (Å²) in [5.74, 6) is -1.05. The monoisotopic (exact) mass is 535 g/mol. The molecule has 37 heavy (non-hydrogen) atoms. The number of nitrogens with two attached hydrogens (primary N) is 1. The van der Waals surface area contributed by atoms with Crippen LogP contribution in [0.4, 0.5) is 13.9 Å². The standard InChI is InChI=1S/C28H27F2N5S2/c1-17-4-8-20(9-5-17)25(31)14-15-28(21-10-6-18(2)7-11-21)35(27-33-32-19(3)36-27)34-26(37-28)23-16-22(29)12-13-24(23)30/h4-13,16,25H,14-15,31H2,1-3H3. The fourth-order valence-electron chi connectivity index (χ4n) is 4.36. The molecular formula is C28H27F2N5S2. The van der Waals surface area contributed by atoms with Crippen molar-refractivity contribution >= 4 is 33.3 Å². The molecule has 2 N–H and O–H groups in total. The molecule has 1 aliphatic heterocycles. The molecule has 0 fully saturated rings. The summed E-state index contributed by atoms with van der Waals surface area (Å²) in [5, 5.41) is 17.0. The first kappa shape index (κ1) is 25.5. The van der Waals surface area contributed by atoms with Gasteiger partial charge in [0.2, 0.25) is 5.13 Å². The third-order valence-electron chi connectivity index (χ3n) is 6.46. The van der Waals surface area contributed by atoms with E-state index in [1.54, 1.807) is 0 Å². The topological polar surface area (TPSA) is 67.4 Å². The van der Waals surface area contributed by atoms with Gasteiger partial charge < -0.3 is 5.73 Å². The van der Waals surface area contributed by atoms with E-state index in [-0.39, 0.29) is 11.6 Å². The number of aromatic nitrogens is 2. The number of hydrogen-bond donors (Lipinski definition) is 1. The lowest BCUT2D eigenvalue weighted by Crippen LogP contribution is -2.38. The van der Waals surface area contributed by atoms with E-state index in [2.05, 4.69) is 46.6 Å². The lowest BCUT2D eigenvalue weighted by atomic mass is 9.94. The van der Waals surface area contributed by atoms with Gasteiger partial charge in [-0.3, -0.25) is 0 Å².